The molecule has 1 aromatic carbocycles. The molecule has 3 N–H and O–H groups in total. The Balaban J connectivity index is 2.95. The highest BCUT2D eigenvalue weighted by atomic mass is 32.2. The normalized spacial score (nSPS) is 11.6. The van der Waals surface area contributed by atoms with Gasteiger partial charge < -0.3 is 11.1 Å². The van der Waals surface area contributed by atoms with Crippen LogP contribution in [0.25, 0.3) is 0 Å². The predicted octanol–water partition coefficient (Wildman–Crippen LogP) is 0.292. The Morgan fingerprint density at radius 3 is 2.30 bits per heavy atom. The highest BCUT2D eigenvalue weighted by Crippen LogP contribution is 2.16. The van der Waals surface area contributed by atoms with E-state index in [1.165, 1.54) is 12.1 Å². The predicted molar refractivity (Wildman–Crippen MR) is 77.4 cm³/mol. The molecule has 112 valence electrons. The van der Waals surface area contributed by atoms with Crippen LogP contribution in [0.1, 0.15) is 19.4 Å². The summed E-state index contributed by atoms with van der Waals surface area (Å²) in [5, 5.41) is 2.59. The Morgan fingerprint density at radius 1 is 1.25 bits per heavy atom. The molecule has 1 rings (SSSR count). The zero-order valence-corrected chi connectivity index (χ0v) is 12.6. The molecule has 0 heterocycles. The highest BCUT2D eigenvalue weighted by molar-refractivity contribution is 7.89. The van der Waals surface area contributed by atoms with Crippen molar-refractivity contribution in [2.75, 3.05) is 19.6 Å². The Bertz CT molecular complexity index is 540. The van der Waals surface area contributed by atoms with E-state index in [0.29, 0.717) is 13.1 Å². The van der Waals surface area contributed by atoms with Crippen LogP contribution in [0.5, 0.6) is 0 Å². The molecule has 1 aromatic rings. The Morgan fingerprint density at radius 2 is 1.85 bits per heavy atom. The first-order valence-electron chi connectivity index (χ1n) is 6.51. The first-order valence-corrected chi connectivity index (χ1v) is 7.95. The zero-order chi connectivity index (χ0) is 15.2. The van der Waals surface area contributed by atoms with E-state index in [1.807, 2.05) is 0 Å². The number of nitrogens with zero attached hydrogens (tertiary/aromatic N) is 1. The molecule has 0 saturated heterocycles. The van der Waals surface area contributed by atoms with Gasteiger partial charge in [0.15, 0.2) is 0 Å². The molecule has 0 spiro atoms. The fourth-order valence-electron chi connectivity index (χ4n) is 1.73. The average molecular weight is 299 g/mol. The van der Waals surface area contributed by atoms with Gasteiger partial charge in [-0.3, -0.25) is 4.79 Å². The van der Waals surface area contributed by atoms with Crippen LogP contribution in [0, 0.1) is 0 Å². The summed E-state index contributed by atoms with van der Waals surface area (Å²) in [6, 6.07) is 6.37. The van der Waals surface area contributed by atoms with E-state index in [0.717, 1.165) is 9.87 Å². The minimum absolute atomic E-state index is 0.167. The van der Waals surface area contributed by atoms with Crippen molar-refractivity contribution < 1.29 is 13.2 Å². The third-order valence-corrected chi connectivity index (χ3v) is 4.78. The first kappa shape index (κ1) is 16.6. The van der Waals surface area contributed by atoms with E-state index in [2.05, 4.69) is 5.32 Å². The molecule has 6 nitrogen and oxygen atoms in total. The minimum Gasteiger partial charge on any atom is -0.355 e. The van der Waals surface area contributed by atoms with E-state index in [1.54, 1.807) is 26.0 Å². The number of hydrogen-bond donors (Lipinski definition) is 2. The van der Waals surface area contributed by atoms with Crippen molar-refractivity contribution in [2.45, 2.75) is 25.3 Å². The van der Waals surface area contributed by atoms with E-state index >= 15 is 0 Å². The van der Waals surface area contributed by atoms with Gasteiger partial charge in [-0.05, 0) is 24.6 Å². The molecule has 0 saturated carbocycles. The first-order chi connectivity index (χ1) is 9.45. The van der Waals surface area contributed by atoms with E-state index in [9.17, 15) is 13.2 Å². The van der Waals surface area contributed by atoms with Crippen molar-refractivity contribution in [1.82, 2.24) is 9.62 Å². The van der Waals surface area contributed by atoms with Crippen molar-refractivity contribution in [3.8, 4) is 0 Å². The van der Waals surface area contributed by atoms with Gasteiger partial charge in [0, 0.05) is 19.6 Å². The molecule has 7 heteroatoms. The summed E-state index contributed by atoms with van der Waals surface area (Å²) in [4.78, 5) is 11.7. The standard InChI is InChI=1S/C13H21N3O3S/c1-3-15-13(17)10-16(4-2)20(18,19)12-7-5-11(9-14)6-8-12/h5-8H,3-4,9-10,14H2,1-2H3,(H,15,17). The van der Waals surface area contributed by atoms with Gasteiger partial charge in [-0.1, -0.05) is 19.1 Å². The molecule has 20 heavy (non-hydrogen) atoms. The van der Waals surface area contributed by atoms with E-state index < -0.39 is 10.0 Å². The summed E-state index contributed by atoms with van der Waals surface area (Å²) in [6.07, 6.45) is 0. The van der Waals surface area contributed by atoms with Gasteiger partial charge >= 0.3 is 0 Å². The van der Waals surface area contributed by atoms with Crippen LogP contribution >= 0.6 is 0 Å². The monoisotopic (exact) mass is 299 g/mol. The number of carbonyl (C=O) groups excluding carboxylic acids is 1. The van der Waals surface area contributed by atoms with Crippen LogP contribution in [-0.2, 0) is 21.4 Å². The van der Waals surface area contributed by atoms with Crippen LogP contribution in [0.4, 0.5) is 0 Å². The molecule has 0 radical (unpaired) electrons. The van der Waals surface area contributed by atoms with E-state index in [-0.39, 0.29) is 23.9 Å². The number of hydrogen-bond acceptors (Lipinski definition) is 4. The van der Waals surface area contributed by atoms with Crippen molar-refractivity contribution in [3.05, 3.63) is 29.8 Å². The van der Waals surface area contributed by atoms with Gasteiger partial charge in [0.1, 0.15) is 0 Å². The van der Waals surface area contributed by atoms with Crippen LogP contribution in [0.3, 0.4) is 0 Å². The molecular weight excluding hydrogens is 278 g/mol. The molecule has 0 fully saturated rings. The number of rotatable bonds is 7. The number of nitrogens with two attached hydrogens (primary N) is 1. The van der Waals surface area contributed by atoms with Gasteiger partial charge in [0.2, 0.25) is 15.9 Å². The lowest BCUT2D eigenvalue weighted by Crippen LogP contribution is -2.40. The van der Waals surface area contributed by atoms with Crippen LogP contribution in [0.15, 0.2) is 29.2 Å². The third kappa shape index (κ3) is 4.03. The molecule has 0 bridgehead atoms. The average Bonchev–Trinajstić information content (AvgIpc) is 2.45. The van der Waals surface area contributed by atoms with Gasteiger partial charge in [0.25, 0.3) is 0 Å². The summed E-state index contributed by atoms with van der Waals surface area (Å²) in [6.45, 7) is 4.38. The van der Waals surface area contributed by atoms with Crippen molar-refractivity contribution in [2.24, 2.45) is 5.73 Å². The Labute approximate surface area is 120 Å². The lowest BCUT2D eigenvalue weighted by atomic mass is 10.2. The van der Waals surface area contributed by atoms with Crippen LogP contribution in [-0.4, -0.2) is 38.3 Å². The topological polar surface area (TPSA) is 92.5 Å². The number of nitrogens with one attached hydrogen (secondary N) is 1. The van der Waals surface area contributed by atoms with Crippen molar-refractivity contribution >= 4 is 15.9 Å². The number of likely N-dealkylation sites (N-methyl/N-ethyl adjacent to an activating group) is 2. The molecular formula is C13H21N3O3S. The van der Waals surface area contributed by atoms with Gasteiger partial charge in [-0.2, -0.15) is 4.31 Å². The van der Waals surface area contributed by atoms with Gasteiger partial charge in [0.05, 0.1) is 11.4 Å². The van der Waals surface area contributed by atoms with Gasteiger partial charge in [-0.15, -0.1) is 0 Å². The summed E-state index contributed by atoms with van der Waals surface area (Å²) in [7, 11) is -3.66. The molecule has 0 atom stereocenters. The summed E-state index contributed by atoms with van der Waals surface area (Å²) in [5.41, 5.74) is 6.34. The second-order valence-corrected chi connectivity index (χ2v) is 6.17. The van der Waals surface area contributed by atoms with Gasteiger partial charge in [-0.25, -0.2) is 8.42 Å². The molecule has 0 aliphatic rings. The Kier molecular flexibility index (Phi) is 6.12. The minimum atomic E-state index is -3.66. The molecule has 0 aliphatic carbocycles. The quantitative estimate of drug-likeness (QED) is 0.757. The lowest BCUT2D eigenvalue weighted by Gasteiger charge is -2.20. The number of carbonyl (C=O) groups is 1. The zero-order valence-electron chi connectivity index (χ0n) is 11.8. The summed E-state index contributed by atoms with van der Waals surface area (Å²) in [5.74, 6) is -0.309. The van der Waals surface area contributed by atoms with Crippen LogP contribution in [0.2, 0.25) is 0 Å². The fourth-order valence-corrected chi connectivity index (χ4v) is 3.13. The Hall–Kier alpha value is -1.44. The maximum absolute atomic E-state index is 12.4. The largest absolute Gasteiger partial charge is 0.355 e. The molecule has 0 unspecified atom stereocenters. The third-order valence-electron chi connectivity index (χ3n) is 2.84. The number of sulfonamides is 1. The van der Waals surface area contributed by atoms with Crippen LogP contribution < -0.4 is 11.1 Å². The smallest absolute Gasteiger partial charge is 0.243 e. The molecule has 1 amide bonds. The maximum Gasteiger partial charge on any atom is 0.243 e. The van der Waals surface area contributed by atoms with Crippen molar-refractivity contribution in [1.29, 1.82) is 0 Å². The second-order valence-electron chi connectivity index (χ2n) is 4.23. The SMILES string of the molecule is CCNC(=O)CN(CC)S(=O)(=O)c1ccc(CN)cc1. The number of amides is 1. The maximum atomic E-state index is 12.4. The number of benzene rings is 1. The molecule has 0 aromatic heterocycles. The fraction of sp³-hybridized carbons (Fsp3) is 0.462. The summed E-state index contributed by atoms with van der Waals surface area (Å²) >= 11 is 0. The van der Waals surface area contributed by atoms with E-state index in [4.69, 9.17) is 5.73 Å². The second kappa shape index (κ2) is 7.37. The lowest BCUT2D eigenvalue weighted by molar-refractivity contribution is -0.121. The van der Waals surface area contributed by atoms with Crippen molar-refractivity contribution in [3.63, 3.8) is 0 Å². The summed E-state index contributed by atoms with van der Waals surface area (Å²) < 4.78 is 26.0. The highest BCUT2D eigenvalue weighted by Gasteiger charge is 2.24. The molecule has 0 aliphatic heterocycles.